The number of halogens is 1. The Morgan fingerprint density at radius 2 is 2.35 bits per heavy atom. The van der Waals surface area contributed by atoms with Gasteiger partial charge < -0.3 is 10.1 Å². The van der Waals surface area contributed by atoms with Crippen LogP contribution in [-0.2, 0) is 4.74 Å². The monoisotopic (exact) mass is 252 g/mol. The van der Waals surface area contributed by atoms with Gasteiger partial charge in [-0.25, -0.2) is 0 Å². The zero-order valence-electron chi connectivity index (χ0n) is 10.1. The summed E-state index contributed by atoms with van der Waals surface area (Å²) in [6, 6.07) is 2.25. The quantitative estimate of drug-likeness (QED) is 0.879. The second kappa shape index (κ2) is 3.85. The molecule has 0 spiro atoms. The average Bonchev–Trinajstić information content (AvgIpc) is 2.74. The first-order valence-corrected chi connectivity index (χ1v) is 6.46. The molecule has 3 atom stereocenters. The van der Waals surface area contributed by atoms with Gasteiger partial charge in [0.25, 0.3) is 0 Å². The van der Waals surface area contributed by atoms with Crippen LogP contribution in [0.25, 0.3) is 0 Å². The third kappa shape index (κ3) is 1.64. The molecule has 3 nitrogen and oxygen atoms in total. The highest BCUT2D eigenvalue weighted by Gasteiger charge is 2.59. The van der Waals surface area contributed by atoms with Gasteiger partial charge in [0.1, 0.15) is 0 Å². The highest BCUT2D eigenvalue weighted by Crippen LogP contribution is 2.53. The van der Waals surface area contributed by atoms with Gasteiger partial charge in [-0.2, -0.15) is 0 Å². The predicted octanol–water partition coefficient (Wildman–Crippen LogP) is 2.96. The molecule has 1 aliphatic carbocycles. The first-order chi connectivity index (χ1) is 8.10. The summed E-state index contributed by atoms with van der Waals surface area (Å²) in [7, 11) is 0. The van der Waals surface area contributed by atoms with Crippen LogP contribution in [0.4, 0.5) is 5.69 Å². The molecule has 0 amide bonds. The lowest BCUT2D eigenvalue weighted by molar-refractivity contribution is -0.0923. The van der Waals surface area contributed by atoms with Crippen molar-refractivity contribution in [3.63, 3.8) is 0 Å². The number of nitrogens with one attached hydrogen (secondary N) is 1. The second-order valence-corrected chi connectivity index (χ2v) is 5.95. The van der Waals surface area contributed by atoms with E-state index >= 15 is 0 Å². The molecule has 17 heavy (non-hydrogen) atoms. The Morgan fingerprint density at radius 3 is 3.12 bits per heavy atom. The number of ether oxygens (including phenoxy) is 1. The van der Waals surface area contributed by atoms with E-state index in [1.807, 2.05) is 6.07 Å². The molecular weight excluding hydrogens is 236 g/mol. The summed E-state index contributed by atoms with van der Waals surface area (Å²) < 4.78 is 5.78. The van der Waals surface area contributed by atoms with Gasteiger partial charge in [0.05, 0.1) is 23.0 Å². The predicted molar refractivity (Wildman–Crippen MR) is 68.3 cm³/mol. The third-order valence-corrected chi connectivity index (χ3v) is 4.51. The zero-order chi connectivity index (χ0) is 12.0. The minimum Gasteiger partial charge on any atom is -0.379 e. The number of fused-ring (bicyclic) bond motifs is 1. The summed E-state index contributed by atoms with van der Waals surface area (Å²) in [6.45, 7) is 5.39. The Kier molecular flexibility index (Phi) is 2.56. The van der Waals surface area contributed by atoms with Crippen LogP contribution < -0.4 is 5.32 Å². The highest BCUT2D eigenvalue weighted by atomic mass is 35.5. The molecular formula is C13H17ClN2O. The number of hydrogen-bond acceptors (Lipinski definition) is 3. The van der Waals surface area contributed by atoms with E-state index < -0.39 is 0 Å². The maximum Gasteiger partial charge on any atom is 0.0718 e. The fraction of sp³-hybridized carbons (Fsp3) is 0.615. The summed E-state index contributed by atoms with van der Waals surface area (Å²) in [5.41, 5.74) is 1.10. The standard InChI is InChI=1S/C13H17ClN2O/c1-13(2)11(8-4-6-17-12(8)13)16-10-7-15-5-3-9(10)14/h3,5,7-8,11-12,16H,4,6H2,1-2H3. The van der Waals surface area contributed by atoms with Gasteiger partial charge in [0, 0.05) is 30.2 Å². The van der Waals surface area contributed by atoms with E-state index in [1.54, 1.807) is 12.4 Å². The number of hydrogen-bond donors (Lipinski definition) is 1. The second-order valence-electron chi connectivity index (χ2n) is 5.54. The first kappa shape index (κ1) is 11.3. The van der Waals surface area contributed by atoms with Crippen molar-refractivity contribution in [1.29, 1.82) is 0 Å². The average molecular weight is 253 g/mol. The maximum absolute atomic E-state index is 6.15. The Morgan fingerprint density at radius 1 is 1.53 bits per heavy atom. The summed E-state index contributed by atoms with van der Waals surface area (Å²) in [6.07, 6.45) is 5.04. The normalized spacial score (nSPS) is 33.9. The van der Waals surface area contributed by atoms with Crippen LogP contribution in [0.15, 0.2) is 18.5 Å². The summed E-state index contributed by atoms with van der Waals surface area (Å²) in [5.74, 6) is 0.612. The molecule has 1 aromatic rings. The van der Waals surface area contributed by atoms with Crippen LogP contribution in [0.2, 0.25) is 5.02 Å². The van der Waals surface area contributed by atoms with Crippen molar-refractivity contribution < 1.29 is 4.74 Å². The minimum atomic E-state index is 0.167. The van der Waals surface area contributed by atoms with Gasteiger partial charge in [0.2, 0.25) is 0 Å². The van der Waals surface area contributed by atoms with Crippen LogP contribution in [-0.4, -0.2) is 23.7 Å². The van der Waals surface area contributed by atoms with Crippen molar-refractivity contribution in [2.45, 2.75) is 32.4 Å². The van der Waals surface area contributed by atoms with Crippen molar-refractivity contribution in [2.24, 2.45) is 11.3 Å². The fourth-order valence-electron chi connectivity index (χ4n) is 3.27. The SMILES string of the molecule is CC1(C)C(Nc2cnccc2Cl)C2CCOC21. The Hall–Kier alpha value is -0.800. The Labute approximate surface area is 107 Å². The molecule has 1 N–H and O–H groups in total. The van der Waals surface area contributed by atoms with Crippen molar-refractivity contribution in [1.82, 2.24) is 4.98 Å². The zero-order valence-corrected chi connectivity index (χ0v) is 10.9. The number of pyridine rings is 1. The largest absolute Gasteiger partial charge is 0.379 e. The van der Waals surface area contributed by atoms with E-state index in [-0.39, 0.29) is 5.41 Å². The van der Waals surface area contributed by atoms with Gasteiger partial charge >= 0.3 is 0 Å². The smallest absolute Gasteiger partial charge is 0.0718 e. The lowest BCUT2D eigenvalue weighted by Gasteiger charge is -2.55. The van der Waals surface area contributed by atoms with Crippen molar-refractivity contribution in [2.75, 3.05) is 11.9 Å². The van der Waals surface area contributed by atoms with Gasteiger partial charge in [0.15, 0.2) is 0 Å². The van der Waals surface area contributed by atoms with Crippen LogP contribution in [0.3, 0.4) is 0 Å². The lowest BCUT2D eigenvalue weighted by atomic mass is 9.57. The molecule has 1 aromatic heterocycles. The topological polar surface area (TPSA) is 34.2 Å². The van der Waals surface area contributed by atoms with Gasteiger partial charge in [-0.1, -0.05) is 25.4 Å². The molecule has 3 unspecified atom stereocenters. The summed E-state index contributed by atoms with van der Waals surface area (Å²) in [5, 5.41) is 4.27. The van der Waals surface area contributed by atoms with Gasteiger partial charge in [-0.3, -0.25) is 4.98 Å². The molecule has 0 radical (unpaired) electrons. The molecule has 1 aliphatic heterocycles. The van der Waals surface area contributed by atoms with Gasteiger partial charge in [-0.05, 0) is 12.5 Å². The van der Waals surface area contributed by atoms with Crippen LogP contribution in [0.5, 0.6) is 0 Å². The number of nitrogens with zero attached hydrogens (tertiary/aromatic N) is 1. The van der Waals surface area contributed by atoms with Gasteiger partial charge in [-0.15, -0.1) is 0 Å². The molecule has 2 heterocycles. The van der Waals surface area contributed by atoms with Crippen LogP contribution in [0.1, 0.15) is 20.3 Å². The molecule has 2 fully saturated rings. The van der Waals surface area contributed by atoms with E-state index in [2.05, 4.69) is 24.1 Å². The third-order valence-electron chi connectivity index (χ3n) is 4.18. The Balaban J connectivity index is 1.80. The summed E-state index contributed by atoms with van der Waals surface area (Å²) >= 11 is 6.15. The summed E-state index contributed by atoms with van der Waals surface area (Å²) in [4.78, 5) is 4.11. The molecule has 3 rings (SSSR count). The maximum atomic E-state index is 6.15. The fourth-order valence-corrected chi connectivity index (χ4v) is 3.43. The van der Waals surface area contributed by atoms with Crippen molar-refractivity contribution in [3.8, 4) is 0 Å². The van der Waals surface area contributed by atoms with Crippen molar-refractivity contribution in [3.05, 3.63) is 23.5 Å². The van der Waals surface area contributed by atoms with E-state index in [4.69, 9.17) is 16.3 Å². The number of aromatic nitrogens is 1. The lowest BCUT2D eigenvalue weighted by Crippen LogP contribution is -2.63. The van der Waals surface area contributed by atoms with Crippen LogP contribution >= 0.6 is 11.6 Å². The molecule has 4 heteroatoms. The molecule has 1 saturated carbocycles. The molecule has 0 bridgehead atoms. The first-order valence-electron chi connectivity index (χ1n) is 6.08. The van der Waals surface area contributed by atoms with E-state index in [9.17, 15) is 0 Å². The molecule has 0 aromatic carbocycles. The van der Waals surface area contributed by atoms with E-state index in [1.165, 1.54) is 0 Å². The number of anilines is 1. The number of rotatable bonds is 2. The molecule has 1 saturated heterocycles. The molecule has 92 valence electrons. The van der Waals surface area contributed by atoms with Crippen molar-refractivity contribution >= 4 is 17.3 Å². The molecule has 2 aliphatic rings. The van der Waals surface area contributed by atoms with Crippen LogP contribution in [0, 0.1) is 11.3 Å². The Bertz CT molecular complexity index is 435. The highest BCUT2D eigenvalue weighted by molar-refractivity contribution is 6.33. The van der Waals surface area contributed by atoms with E-state index in [0.717, 1.165) is 23.7 Å². The van der Waals surface area contributed by atoms with E-state index in [0.29, 0.717) is 18.1 Å². The minimum absolute atomic E-state index is 0.167.